The van der Waals surface area contributed by atoms with E-state index in [0.717, 1.165) is 48.6 Å². The Morgan fingerprint density at radius 2 is 2.00 bits per heavy atom. The van der Waals surface area contributed by atoms with Crippen LogP contribution in [0.2, 0.25) is 0 Å². The van der Waals surface area contributed by atoms with E-state index in [4.69, 9.17) is 15.5 Å². The number of imidazole rings is 2. The van der Waals surface area contributed by atoms with Crippen molar-refractivity contribution >= 4 is 11.3 Å². The summed E-state index contributed by atoms with van der Waals surface area (Å²) in [7, 11) is 0. The predicted molar refractivity (Wildman–Crippen MR) is 110 cm³/mol. The maximum atomic E-state index is 14.8. The number of nitrogens with two attached hydrogens (primary N) is 1. The first kappa shape index (κ1) is 17.9. The Kier molecular flexibility index (Phi) is 4.32. The predicted octanol–water partition coefficient (Wildman–Crippen LogP) is 4.11. The number of hydrogen-bond donors (Lipinski definition) is 1. The first-order valence-electron chi connectivity index (χ1n) is 9.76. The number of fused-ring (bicyclic) bond motifs is 1. The summed E-state index contributed by atoms with van der Waals surface area (Å²) < 4.78 is 23.9. The van der Waals surface area contributed by atoms with Gasteiger partial charge in [0.25, 0.3) is 0 Å². The maximum Gasteiger partial charge on any atom is 0.160 e. The summed E-state index contributed by atoms with van der Waals surface area (Å²) in [5, 5.41) is 0. The van der Waals surface area contributed by atoms with Crippen LogP contribution < -0.4 is 5.73 Å². The number of rotatable bonds is 3. The van der Waals surface area contributed by atoms with Crippen LogP contribution in [0.4, 0.5) is 10.1 Å². The van der Waals surface area contributed by atoms with Crippen molar-refractivity contribution in [1.82, 2.24) is 18.9 Å². The van der Waals surface area contributed by atoms with Gasteiger partial charge in [0, 0.05) is 43.3 Å². The molecule has 0 saturated carbocycles. The van der Waals surface area contributed by atoms with E-state index in [-0.39, 0.29) is 5.82 Å². The molecule has 6 nitrogen and oxygen atoms in total. The molecule has 3 aromatic heterocycles. The molecule has 1 fully saturated rings. The lowest BCUT2D eigenvalue weighted by molar-refractivity contribution is 0.0846. The fraction of sp³-hybridized carbons (Fsp3) is 0.273. The van der Waals surface area contributed by atoms with Gasteiger partial charge in [-0.1, -0.05) is 6.07 Å². The van der Waals surface area contributed by atoms with Crippen molar-refractivity contribution in [3.05, 3.63) is 66.4 Å². The van der Waals surface area contributed by atoms with Crippen molar-refractivity contribution < 1.29 is 9.13 Å². The molecule has 4 aromatic rings. The Morgan fingerprint density at radius 1 is 1.17 bits per heavy atom. The normalized spacial score (nSPS) is 15.2. The molecule has 29 heavy (non-hydrogen) atoms. The molecule has 0 radical (unpaired) electrons. The molecule has 0 amide bonds. The largest absolute Gasteiger partial charge is 0.395 e. The standard InChI is InChI=1S/C22H22FN5O/c1-14-11-28(13-25-14)20-3-2-16(10-18(20)23)17-4-7-27-12-19(26-22(27)21(17)24)15-5-8-29-9-6-15/h2-4,7,10-13,15H,5-6,8-9,24H2,1H3. The summed E-state index contributed by atoms with van der Waals surface area (Å²) in [5.74, 6) is 0.0623. The zero-order valence-electron chi connectivity index (χ0n) is 16.2. The Balaban J connectivity index is 1.53. The van der Waals surface area contributed by atoms with Crippen molar-refractivity contribution in [2.24, 2.45) is 0 Å². The van der Waals surface area contributed by atoms with Crippen LogP contribution in [0.5, 0.6) is 0 Å². The lowest BCUT2D eigenvalue weighted by atomic mass is 9.97. The van der Waals surface area contributed by atoms with Crippen molar-refractivity contribution in [2.75, 3.05) is 18.9 Å². The zero-order valence-corrected chi connectivity index (χ0v) is 16.2. The van der Waals surface area contributed by atoms with Crippen LogP contribution in [0.25, 0.3) is 22.5 Å². The topological polar surface area (TPSA) is 70.4 Å². The smallest absolute Gasteiger partial charge is 0.160 e. The fourth-order valence-corrected chi connectivity index (χ4v) is 3.97. The molecule has 4 heterocycles. The molecule has 148 valence electrons. The van der Waals surface area contributed by atoms with Gasteiger partial charge < -0.3 is 19.4 Å². The monoisotopic (exact) mass is 391 g/mol. The van der Waals surface area contributed by atoms with Crippen LogP contribution in [0.15, 0.2) is 49.2 Å². The van der Waals surface area contributed by atoms with Gasteiger partial charge in [0.2, 0.25) is 0 Å². The number of nitrogen functional groups attached to an aromatic ring is 1. The molecule has 0 spiro atoms. The number of anilines is 1. The van der Waals surface area contributed by atoms with Crippen molar-refractivity contribution in [3.8, 4) is 16.8 Å². The van der Waals surface area contributed by atoms with E-state index in [0.29, 0.717) is 22.9 Å². The number of ether oxygens (including phenoxy) is 1. The van der Waals surface area contributed by atoms with Crippen LogP contribution in [-0.4, -0.2) is 32.1 Å². The van der Waals surface area contributed by atoms with E-state index in [2.05, 4.69) is 4.98 Å². The average molecular weight is 391 g/mol. The summed E-state index contributed by atoms with van der Waals surface area (Å²) in [5.41, 5.74) is 11.5. The molecule has 5 rings (SSSR count). The van der Waals surface area contributed by atoms with E-state index in [1.807, 2.05) is 35.9 Å². The summed E-state index contributed by atoms with van der Waals surface area (Å²) in [4.78, 5) is 8.95. The van der Waals surface area contributed by atoms with E-state index in [1.54, 1.807) is 23.2 Å². The van der Waals surface area contributed by atoms with Gasteiger partial charge in [-0.3, -0.25) is 0 Å². The number of pyridine rings is 1. The van der Waals surface area contributed by atoms with Crippen LogP contribution in [-0.2, 0) is 4.74 Å². The minimum absolute atomic E-state index is 0.328. The van der Waals surface area contributed by atoms with Crippen molar-refractivity contribution in [1.29, 1.82) is 0 Å². The highest BCUT2D eigenvalue weighted by atomic mass is 19.1. The Labute approximate surface area is 167 Å². The van der Waals surface area contributed by atoms with Crippen LogP contribution in [0, 0.1) is 12.7 Å². The van der Waals surface area contributed by atoms with Gasteiger partial charge in [0.05, 0.1) is 29.1 Å². The Bertz CT molecular complexity index is 1190. The highest BCUT2D eigenvalue weighted by Gasteiger charge is 2.20. The van der Waals surface area contributed by atoms with Crippen molar-refractivity contribution in [2.45, 2.75) is 25.7 Å². The molecule has 1 aliphatic rings. The molecule has 1 saturated heterocycles. The summed E-state index contributed by atoms with van der Waals surface area (Å²) in [6, 6.07) is 7.04. The minimum Gasteiger partial charge on any atom is -0.395 e. The van der Waals surface area contributed by atoms with Gasteiger partial charge in [-0.25, -0.2) is 14.4 Å². The number of aryl methyl sites for hydroxylation is 1. The lowest BCUT2D eigenvalue weighted by Crippen LogP contribution is -2.14. The maximum absolute atomic E-state index is 14.8. The first-order chi connectivity index (χ1) is 14.1. The highest BCUT2D eigenvalue weighted by molar-refractivity contribution is 5.85. The fourth-order valence-electron chi connectivity index (χ4n) is 3.97. The quantitative estimate of drug-likeness (QED) is 0.571. The van der Waals surface area contributed by atoms with Gasteiger partial charge in [0.15, 0.2) is 5.65 Å². The number of nitrogens with zero attached hydrogens (tertiary/aromatic N) is 4. The second-order valence-corrected chi connectivity index (χ2v) is 7.51. The average Bonchev–Trinajstić information content (AvgIpc) is 3.36. The van der Waals surface area contributed by atoms with Gasteiger partial charge in [-0.05, 0) is 43.5 Å². The number of benzene rings is 1. The third-order valence-corrected chi connectivity index (χ3v) is 5.57. The van der Waals surface area contributed by atoms with Gasteiger partial charge >= 0.3 is 0 Å². The third-order valence-electron chi connectivity index (χ3n) is 5.57. The lowest BCUT2D eigenvalue weighted by Gasteiger charge is -2.19. The molecule has 0 bridgehead atoms. The zero-order chi connectivity index (χ0) is 20.0. The number of hydrogen-bond acceptors (Lipinski definition) is 4. The van der Waals surface area contributed by atoms with Gasteiger partial charge in [-0.2, -0.15) is 0 Å². The molecular weight excluding hydrogens is 369 g/mol. The van der Waals surface area contributed by atoms with Gasteiger partial charge in [-0.15, -0.1) is 0 Å². The summed E-state index contributed by atoms with van der Waals surface area (Å²) in [6.45, 7) is 3.40. The molecule has 0 atom stereocenters. The van der Waals surface area contributed by atoms with Crippen LogP contribution in [0.3, 0.4) is 0 Å². The second kappa shape index (κ2) is 7.00. The number of aromatic nitrogens is 4. The third kappa shape index (κ3) is 3.17. The molecule has 0 aliphatic carbocycles. The number of halogens is 1. The molecule has 0 unspecified atom stereocenters. The van der Waals surface area contributed by atoms with E-state index >= 15 is 0 Å². The van der Waals surface area contributed by atoms with Gasteiger partial charge in [0.1, 0.15) is 5.82 Å². The Morgan fingerprint density at radius 3 is 2.72 bits per heavy atom. The van der Waals surface area contributed by atoms with Crippen molar-refractivity contribution in [3.63, 3.8) is 0 Å². The molecule has 1 aromatic carbocycles. The molecule has 2 N–H and O–H groups in total. The summed E-state index contributed by atoms with van der Waals surface area (Å²) in [6.07, 6.45) is 9.31. The minimum atomic E-state index is -0.328. The first-order valence-corrected chi connectivity index (χ1v) is 9.76. The Hall–Kier alpha value is -3.19. The SMILES string of the molecule is Cc1cn(-c2ccc(-c3ccn4cc(C5CCOCC5)nc4c3N)cc2F)cn1. The highest BCUT2D eigenvalue weighted by Crippen LogP contribution is 2.33. The molecule has 7 heteroatoms. The van der Waals surface area contributed by atoms with E-state index < -0.39 is 0 Å². The second-order valence-electron chi connectivity index (χ2n) is 7.51. The van der Waals surface area contributed by atoms with Crippen LogP contribution >= 0.6 is 0 Å². The van der Waals surface area contributed by atoms with E-state index in [9.17, 15) is 4.39 Å². The molecule has 1 aliphatic heterocycles. The van der Waals surface area contributed by atoms with Crippen LogP contribution in [0.1, 0.15) is 30.1 Å². The molecular formula is C22H22FN5O. The summed E-state index contributed by atoms with van der Waals surface area (Å²) >= 11 is 0. The van der Waals surface area contributed by atoms with E-state index in [1.165, 1.54) is 6.07 Å².